The fourth-order valence-electron chi connectivity index (χ4n) is 1.94. The Morgan fingerprint density at radius 3 is 2.75 bits per heavy atom. The van der Waals surface area contributed by atoms with E-state index in [0.29, 0.717) is 17.6 Å². The monoisotopic (exact) mass is 453 g/mol. The number of nitrogens with one attached hydrogen (secondary N) is 2. The van der Waals surface area contributed by atoms with Crippen LogP contribution in [0.4, 0.5) is 0 Å². The van der Waals surface area contributed by atoms with Gasteiger partial charge in [-0.25, -0.2) is 4.99 Å². The first kappa shape index (κ1) is 23.2. The first-order valence-corrected chi connectivity index (χ1v) is 8.32. The molecule has 24 heavy (non-hydrogen) atoms. The zero-order valence-corrected chi connectivity index (χ0v) is 17.5. The van der Waals surface area contributed by atoms with Crippen molar-refractivity contribution in [2.75, 3.05) is 32.8 Å². The molecule has 1 aromatic rings. The number of nitrogens with zero attached hydrogens (tertiary/aromatic N) is 1. The van der Waals surface area contributed by atoms with Gasteiger partial charge in [-0.3, -0.25) is 0 Å². The molecule has 6 nitrogen and oxygen atoms in total. The van der Waals surface area contributed by atoms with Crippen LogP contribution in [0, 0.1) is 5.92 Å². The molecule has 0 saturated carbocycles. The third-order valence-corrected chi connectivity index (χ3v) is 3.15. The van der Waals surface area contributed by atoms with Gasteiger partial charge in [0.15, 0.2) is 5.96 Å². The Bertz CT molecular complexity index is 448. The molecule has 0 aliphatic heterocycles. The second-order valence-electron chi connectivity index (χ2n) is 6.20. The van der Waals surface area contributed by atoms with Crippen molar-refractivity contribution in [3.05, 3.63) is 24.2 Å². The molecule has 0 fully saturated rings. The van der Waals surface area contributed by atoms with Gasteiger partial charge in [-0.05, 0) is 38.3 Å². The lowest BCUT2D eigenvalue weighted by Gasteiger charge is -2.19. The number of aliphatic imine (C=N–C) groups is 1. The highest BCUT2D eigenvalue weighted by Crippen LogP contribution is 2.20. The van der Waals surface area contributed by atoms with Gasteiger partial charge in [0.05, 0.1) is 12.8 Å². The summed E-state index contributed by atoms with van der Waals surface area (Å²) in [6.45, 7) is 11.3. The first-order chi connectivity index (χ1) is 11.0. The third kappa shape index (κ3) is 9.48. The van der Waals surface area contributed by atoms with Crippen LogP contribution in [0.1, 0.15) is 39.9 Å². The van der Waals surface area contributed by atoms with Gasteiger partial charge in [0.2, 0.25) is 0 Å². The third-order valence-electron chi connectivity index (χ3n) is 3.15. The molecule has 0 aliphatic rings. The van der Waals surface area contributed by atoms with Crippen molar-refractivity contribution in [2.45, 2.75) is 39.7 Å². The summed E-state index contributed by atoms with van der Waals surface area (Å²) < 4.78 is 10.8. The van der Waals surface area contributed by atoms with Gasteiger partial charge in [-0.15, -0.1) is 24.0 Å². The van der Waals surface area contributed by atoms with E-state index in [1.807, 2.05) is 6.92 Å². The normalized spacial score (nSPS) is 14.2. The predicted molar refractivity (Wildman–Crippen MR) is 108 cm³/mol. The summed E-state index contributed by atoms with van der Waals surface area (Å²) >= 11 is 0. The Balaban J connectivity index is 0.00000529. The Morgan fingerprint density at radius 1 is 1.42 bits per heavy atom. The lowest BCUT2D eigenvalue weighted by atomic mass is 10.0. The summed E-state index contributed by atoms with van der Waals surface area (Å²) in [6.07, 6.45) is 2.46. The zero-order chi connectivity index (χ0) is 17.1. The molecule has 1 heterocycles. The van der Waals surface area contributed by atoms with Gasteiger partial charge in [0.1, 0.15) is 11.4 Å². The van der Waals surface area contributed by atoms with Crippen LogP contribution in [0.5, 0.6) is 0 Å². The Hall–Kier alpha value is -0.800. The maximum absolute atomic E-state index is 10.4. The van der Waals surface area contributed by atoms with Crippen LogP contribution in [-0.2, 0) is 10.3 Å². The summed E-state index contributed by atoms with van der Waals surface area (Å²) in [7, 11) is 0. The summed E-state index contributed by atoms with van der Waals surface area (Å²) in [5.74, 6) is 1.76. The quantitative estimate of drug-likeness (QED) is 0.220. The van der Waals surface area contributed by atoms with Crippen LogP contribution in [0.15, 0.2) is 27.8 Å². The molecule has 0 bridgehead atoms. The second-order valence-corrected chi connectivity index (χ2v) is 6.20. The highest BCUT2D eigenvalue weighted by molar-refractivity contribution is 14.0. The largest absolute Gasteiger partial charge is 0.466 e. The lowest BCUT2D eigenvalue weighted by molar-refractivity contribution is 0.0437. The molecule has 0 spiro atoms. The topological polar surface area (TPSA) is 79.0 Å². The minimum absolute atomic E-state index is 0. The van der Waals surface area contributed by atoms with E-state index >= 15 is 0 Å². The molecule has 3 N–H and O–H groups in total. The van der Waals surface area contributed by atoms with Gasteiger partial charge in [0.25, 0.3) is 0 Å². The van der Waals surface area contributed by atoms with E-state index in [1.165, 1.54) is 0 Å². The molecule has 1 unspecified atom stereocenters. The molecule has 0 amide bonds. The molecular weight excluding hydrogens is 421 g/mol. The first-order valence-electron chi connectivity index (χ1n) is 8.32. The average molecular weight is 453 g/mol. The molecule has 1 aromatic heterocycles. The van der Waals surface area contributed by atoms with E-state index in [9.17, 15) is 5.11 Å². The number of hydrogen-bond donors (Lipinski definition) is 3. The molecule has 140 valence electrons. The highest BCUT2D eigenvalue weighted by atomic mass is 127. The fraction of sp³-hybridized carbons (Fsp3) is 0.706. The van der Waals surface area contributed by atoms with Crippen LogP contribution in [-0.4, -0.2) is 43.9 Å². The van der Waals surface area contributed by atoms with E-state index in [-0.39, 0.29) is 30.5 Å². The van der Waals surface area contributed by atoms with Gasteiger partial charge in [0, 0.05) is 26.3 Å². The van der Waals surface area contributed by atoms with Crippen molar-refractivity contribution in [3.63, 3.8) is 0 Å². The standard InChI is InChI=1S/C17H31N3O3.HI/c1-5-18-16(19-9-7-10-22-12-14(2)3)20-13-17(4,21)15-8-6-11-23-15;/h6,8,11,14,21H,5,7,9-10,12-13H2,1-4H3,(H2,18,19,20);1H. The highest BCUT2D eigenvalue weighted by Gasteiger charge is 2.25. The smallest absolute Gasteiger partial charge is 0.191 e. The number of ether oxygens (including phenoxy) is 1. The number of aliphatic hydroxyl groups is 1. The molecular formula is C17H32IN3O3. The van der Waals surface area contributed by atoms with E-state index in [4.69, 9.17) is 9.15 Å². The van der Waals surface area contributed by atoms with E-state index in [2.05, 4.69) is 29.5 Å². The average Bonchev–Trinajstić information content (AvgIpc) is 3.03. The minimum Gasteiger partial charge on any atom is -0.466 e. The van der Waals surface area contributed by atoms with E-state index in [0.717, 1.165) is 32.7 Å². The summed E-state index contributed by atoms with van der Waals surface area (Å²) in [6, 6.07) is 3.51. The minimum atomic E-state index is -1.12. The van der Waals surface area contributed by atoms with Gasteiger partial charge >= 0.3 is 0 Å². The van der Waals surface area contributed by atoms with E-state index in [1.54, 1.807) is 25.3 Å². The molecule has 0 aromatic carbocycles. The predicted octanol–water partition coefficient (Wildman–Crippen LogP) is 2.72. The van der Waals surface area contributed by atoms with Crippen LogP contribution in [0.25, 0.3) is 0 Å². The number of rotatable bonds is 10. The Morgan fingerprint density at radius 2 is 2.17 bits per heavy atom. The van der Waals surface area contributed by atoms with Crippen LogP contribution >= 0.6 is 24.0 Å². The van der Waals surface area contributed by atoms with Crippen LogP contribution < -0.4 is 10.6 Å². The van der Waals surface area contributed by atoms with Crippen molar-refractivity contribution in [1.29, 1.82) is 0 Å². The number of furan rings is 1. The second kappa shape index (κ2) is 12.5. The maximum Gasteiger partial charge on any atom is 0.191 e. The fourth-order valence-corrected chi connectivity index (χ4v) is 1.94. The number of hydrogen-bond acceptors (Lipinski definition) is 4. The van der Waals surface area contributed by atoms with Crippen LogP contribution in [0.3, 0.4) is 0 Å². The summed E-state index contributed by atoms with van der Waals surface area (Å²) in [5.41, 5.74) is -1.12. The molecule has 0 aliphatic carbocycles. The van der Waals surface area contributed by atoms with Crippen molar-refractivity contribution in [3.8, 4) is 0 Å². The molecule has 1 rings (SSSR count). The van der Waals surface area contributed by atoms with Crippen molar-refractivity contribution < 1.29 is 14.3 Å². The summed E-state index contributed by atoms with van der Waals surface area (Å²) in [4.78, 5) is 4.43. The van der Waals surface area contributed by atoms with Crippen molar-refractivity contribution in [2.24, 2.45) is 10.9 Å². The zero-order valence-electron chi connectivity index (χ0n) is 15.2. The molecule has 0 saturated heterocycles. The maximum atomic E-state index is 10.4. The van der Waals surface area contributed by atoms with Crippen molar-refractivity contribution >= 4 is 29.9 Å². The van der Waals surface area contributed by atoms with Gasteiger partial charge in [-0.1, -0.05) is 13.8 Å². The Labute approximate surface area is 162 Å². The van der Waals surface area contributed by atoms with Crippen molar-refractivity contribution in [1.82, 2.24) is 10.6 Å². The SMILES string of the molecule is CCNC(=NCC(C)(O)c1ccco1)NCCCOCC(C)C.I. The summed E-state index contributed by atoms with van der Waals surface area (Å²) in [5, 5.41) is 16.8. The Kier molecular flexibility index (Phi) is 12.1. The van der Waals surface area contributed by atoms with Gasteiger partial charge in [-0.2, -0.15) is 0 Å². The van der Waals surface area contributed by atoms with Crippen LogP contribution in [0.2, 0.25) is 0 Å². The number of guanidine groups is 1. The molecule has 1 atom stereocenters. The molecule has 0 radical (unpaired) electrons. The van der Waals surface area contributed by atoms with E-state index < -0.39 is 5.60 Å². The lowest BCUT2D eigenvalue weighted by Crippen LogP contribution is -2.39. The van der Waals surface area contributed by atoms with Gasteiger partial charge < -0.3 is 24.9 Å². The molecule has 7 heteroatoms. The number of halogens is 1.